The van der Waals surface area contributed by atoms with Crippen LogP contribution in [0, 0.1) is 34.5 Å². The van der Waals surface area contributed by atoms with Crippen LogP contribution in [-0.2, 0) is 28.5 Å². The van der Waals surface area contributed by atoms with Crippen LogP contribution in [0.2, 0.25) is 0 Å². The van der Waals surface area contributed by atoms with Gasteiger partial charge in [0.05, 0.1) is 36.6 Å². The van der Waals surface area contributed by atoms with Crippen LogP contribution in [0.3, 0.4) is 0 Å². The van der Waals surface area contributed by atoms with Crippen molar-refractivity contribution in [1.82, 2.24) is 4.90 Å². The van der Waals surface area contributed by atoms with Crippen molar-refractivity contribution in [3.63, 3.8) is 0 Å². The number of hydrogen-bond acceptors (Lipinski definition) is 11. The summed E-state index contributed by atoms with van der Waals surface area (Å²) in [5, 5.41) is 36.8. The molecule has 0 amide bonds. The zero-order valence-electron chi connectivity index (χ0n) is 26.0. The highest BCUT2D eigenvalue weighted by Gasteiger charge is 2.90. The van der Waals surface area contributed by atoms with Gasteiger partial charge in [-0.25, -0.2) is 4.79 Å². The summed E-state index contributed by atoms with van der Waals surface area (Å²) in [5.74, 6) is -3.05. The van der Waals surface area contributed by atoms with E-state index in [9.17, 15) is 24.9 Å². The van der Waals surface area contributed by atoms with Gasteiger partial charge in [-0.1, -0.05) is 25.1 Å². The third-order valence-electron chi connectivity index (χ3n) is 12.9. The van der Waals surface area contributed by atoms with Crippen molar-refractivity contribution in [3.8, 4) is 0 Å². The molecule has 6 fully saturated rings. The van der Waals surface area contributed by atoms with Crippen LogP contribution in [0.4, 0.5) is 0 Å². The highest BCUT2D eigenvalue weighted by Crippen LogP contribution is 2.80. The van der Waals surface area contributed by atoms with Gasteiger partial charge in [0.15, 0.2) is 0 Å². The standard InChI is InChI=1S/C33H45NO10/c1-6-34-15-30(16-40-3)20(36)12-21(37)33-19-13-31(39)22(41-4)14-32(44-17(2)35,24(27(33)34)25(42-5)26(30)33)23(19)28(31)43-29(38)18-10-8-7-9-11-18/h7-11,19-28,36-37,39H,6,12-16H2,1-5H3/t19-,20?,21+,22-,23-,24+,25+,26-,27-,28-,30+,31-,32-,33+/m1/s1. The molecule has 1 spiro atoms. The average molecular weight is 616 g/mol. The lowest BCUT2D eigenvalue weighted by Gasteiger charge is -2.69. The lowest BCUT2D eigenvalue weighted by atomic mass is 9.42. The Balaban J connectivity index is 1.49. The van der Waals surface area contributed by atoms with E-state index in [-0.39, 0.29) is 37.8 Å². The van der Waals surface area contributed by atoms with Crippen LogP contribution in [0.15, 0.2) is 30.3 Å². The van der Waals surface area contributed by atoms with E-state index in [1.54, 1.807) is 44.6 Å². The van der Waals surface area contributed by atoms with E-state index >= 15 is 0 Å². The molecule has 7 rings (SSSR count). The first-order chi connectivity index (χ1) is 21.0. The predicted octanol–water partition coefficient (Wildman–Crippen LogP) is 1.02. The van der Waals surface area contributed by atoms with Crippen molar-refractivity contribution in [3.05, 3.63) is 35.9 Å². The Labute approximate surface area is 257 Å². The maximum Gasteiger partial charge on any atom is 0.338 e. The van der Waals surface area contributed by atoms with Crippen LogP contribution < -0.4 is 0 Å². The molecule has 7 bridgehead atoms. The third kappa shape index (κ3) is 3.47. The van der Waals surface area contributed by atoms with Gasteiger partial charge >= 0.3 is 11.9 Å². The molecule has 1 unspecified atom stereocenters. The fourth-order valence-corrected chi connectivity index (χ4v) is 12.0. The maximum absolute atomic E-state index is 13.7. The fourth-order valence-electron chi connectivity index (χ4n) is 12.0. The number of piperidine rings is 1. The summed E-state index contributed by atoms with van der Waals surface area (Å²) in [6.45, 7) is 4.82. The van der Waals surface area contributed by atoms with Crippen molar-refractivity contribution in [1.29, 1.82) is 0 Å². The lowest BCUT2D eigenvalue weighted by molar-refractivity contribution is -0.297. The van der Waals surface area contributed by atoms with Crippen molar-refractivity contribution in [2.75, 3.05) is 41.0 Å². The average Bonchev–Trinajstić information content (AvgIpc) is 3.37. The Bertz CT molecular complexity index is 1310. The highest BCUT2D eigenvalue weighted by atomic mass is 16.6. The van der Waals surface area contributed by atoms with E-state index in [0.29, 0.717) is 18.7 Å². The van der Waals surface area contributed by atoms with Crippen LogP contribution >= 0.6 is 0 Å². The summed E-state index contributed by atoms with van der Waals surface area (Å²) in [6, 6.07) is 8.32. The summed E-state index contributed by atoms with van der Waals surface area (Å²) in [4.78, 5) is 29.1. The molecular formula is C33H45NO10. The molecule has 1 aromatic rings. The molecule has 0 radical (unpaired) electrons. The summed E-state index contributed by atoms with van der Waals surface area (Å²) in [5.41, 5.74) is -4.19. The molecule has 6 aliphatic rings. The van der Waals surface area contributed by atoms with Gasteiger partial charge in [-0.05, 0) is 31.0 Å². The smallest absolute Gasteiger partial charge is 0.338 e. The van der Waals surface area contributed by atoms with E-state index in [2.05, 4.69) is 11.8 Å². The molecule has 0 aromatic heterocycles. The van der Waals surface area contributed by atoms with Crippen LogP contribution in [0.1, 0.15) is 43.5 Å². The Morgan fingerprint density at radius 1 is 1.02 bits per heavy atom. The van der Waals surface area contributed by atoms with Gasteiger partial charge in [0.1, 0.15) is 17.3 Å². The number of hydrogen-bond donors (Lipinski definition) is 3. The van der Waals surface area contributed by atoms with E-state index < -0.39 is 82.2 Å². The van der Waals surface area contributed by atoms with Gasteiger partial charge in [0, 0.05) is 82.3 Å². The number of aliphatic hydroxyl groups excluding tert-OH is 2. The first kappa shape index (κ1) is 30.5. The Hall–Kier alpha value is -2.12. The van der Waals surface area contributed by atoms with Gasteiger partial charge in [0.2, 0.25) is 0 Å². The Kier molecular flexibility index (Phi) is 7.07. The van der Waals surface area contributed by atoms with Crippen molar-refractivity contribution >= 4 is 11.9 Å². The molecule has 3 N–H and O–H groups in total. The monoisotopic (exact) mass is 615 g/mol. The van der Waals surface area contributed by atoms with E-state index in [1.807, 2.05) is 0 Å². The summed E-state index contributed by atoms with van der Waals surface area (Å²) < 4.78 is 31.1. The number of aliphatic hydroxyl groups is 3. The highest BCUT2D eigenvalue weighted by molar-refractivity contribution is 5.89. The second-order valence-corrected chi connectivity index (χ2v) is 14.1. The number of nitrogens with zero attached hydrogens (tertiary/aromatic N) is 1. The minimum atomic E-state index is -1.61. The summed E-state index contributed by atoms with van der Waals surface area (Å²) >= 11 is 0. The number of likely N-dealkylation sites (tertiary alicyclic amines) is 1. The minimum absolute atomic E-state index is 0.140. The molecule has 11 heteroatoms. The van der Waals surface area contributed by atoms with Gasteiger partial charge < -0.3 is 39.0 Å². The number of ether oxygens (including phenoxy) is 5. The first-order valence-corrected chi connectivity index (χ1v) is 15.8. The largest absolute Gasteiger partial charge is 0.458 e. The summed E-state index contributed by atoms with van der Waals surface area (Å²) in [6.07, 6.45) is -3.78. The first-order valence-electron chi connectivity index (χ1n) is 15.8. The van der Waals surface area contributed by atoms with Gasteiger partial charge in [-0.15, -0.1) is 0 Å². The third-order valence-corrected chi connectivity index (χ3v) is 12.9. The van der Waals surface area contributed by atoms with Crippen molar-refractivity contribution in [2.24, 2.45) is 34.5 Å². The molecule has 44 heavy (non-hydrogen) atoms. The van der Waals surface area contributed by atoms with Gasteiger partial charge in [-0.3, -0.25) is 9.69 Å². The number of esters is 2. The van der Waals surface area contributed by atoms with Crippen LogP contribution in [0.5, 0.6) is 0 Å². The predicted molar refractivity (Wildman–Crippen MR) is 154 cm³/mol. The Morgan fingerprint density at radius 2 is 1.75 bits per heavy atom. The minimum Gasteiger partial charge on any atom is -0.458 e. The molecule has 1 aliphatic heterocycles. The molecule has 1 aromatic carbocycles. The second-order valence-electron chi connectivity index (χ2n) is 14.1. The Morgan fingerprint density at radius 3 is 2.36 bits per heavy atom. The van der Waals surface area contributed by atoms with Crippen LogP contribution in [-0.4, -0.2) is 121 Å². The normalized spacial score (nSPS) is 49.9. The molecule has 1 heterocycles. The fraction of sp³-hybridized carbons (Fsp3) is 0.758. The zero-order chi connectivity index (χ0) is 31.4. The molecule has 1 saturated heterocycles. The summed E-state index contributed by atoms with van der Waals surface area (Å²) in [7, 11) is 4.77. The molecule has 5 aliphatic carbocycles. The van der Waals surface area contributed by atoms with Crippen molar-refractivity contribution < 1.29 is 48.6 Å². The van der Waals surface area contributed by atoms with Gasteiger partial charge in [-0.2, -0.15) is 0 Å². The van der Waals surface area contributed by atoms with Crippen molar-refractivity contribution in [2.45, 2.75) is 80.9 Å². The number of benzene rings is 1. The number of carbonyl (C=O) groups excluding carboxylic acids is 2. The van der Waals surface area contributed by atoms with E-state index in [0.717, 1.165) is 0 Å². The molecule has 242 valence electrons. The molecular weight excluding hydrogens is 570 g/mol. The number of methoxy groups -OCH3 is 3. The molecule has 11 nitrogen and oxygen atoms in total. The lowest BCUT2D eigenvalue weighted by Crippen LogP contribution is -2.79. The number of rotatable bonds is 8. The SMILES string of the molecule is CCN1C[C@]2(COC)C(O)C[C@H](O)[C@@]34[C@@H]5C[C@]6(O)[C@H](OC(=O)c7ccccc7)[C@@H]5[C@](OC(C)=O)(C[C@H]6OC)[C@@H]([C@H](OC)[C@H]23)[C@@H]14. The molecule has 5 saturated carbocycles. The zero-order valence-corrected chi connectivity index (χ0v) is 26.0. The maximum atomic E-state index is 13.7. The number of fused-ring (bicyclic) bond motifs is 2. The van der Waals surface area contributed by atoms with Gasteiger partial charge in [0.25, 0.3) is 0 Å². The topological polar surface area (TPSA) is 144 Å². The van der Waals surface area contributed by atoms with E-state index in [1.165, 1.54) is 14.0 Å². The molecule has 14 atom stereocenters. The second kappa shape index (κ2) is 10.2. The van der Waals surface area contributed by atoms with Crippen LogP contribution in [0.25, 0.3) is 0 Å². The quantitative estimate of drug-likeness (QED) is 0.361. The number of carbonyl (C=O) groups is 2. The van der Waals surface area contributed by atoms with E-state index in [4.69, 9.17) is 23.7 Å².